The van der Waals surface area contributed by atoms with Crippen LogP contribution in [0.4, 0.5) is 0 Å². The number of halogens is 1. The molecule has 0 radical (unpaired) electrons. The highest BCUT2D eigenvalue weighted by atomic mass is 127. The number of rotatable bonds is 10. The van der Waals surface area contributed by atoms with Crippen LogP contribution in [0.15, 0.2) is 4.99 Å². The zero-order valence-electron chi connectivity index (χ0n) is 17.4. The maximum absolute atomic E-state index is 5.80. The van der Waals surface area contributed by atoms with Crippen LogP contribution in [-0.4, -0.2) is 76.6 Å². The fourth-order valence-electron chi connectivity index (χ4n) is 3.74. The van der Waals surface area contributed by atoms with Gasteiger partial charge in [-0.05, 0) is 57.9 Å². The average Bonchev–Trinajstić information content (AvgIpc) is 2.68. The van der Waals surface area contributed by atoms with Crippen molar-refractivity contribution in [1.82, 2.24) is 15.5 Å². The summed E-state index contributed by atoms with van der Waals surface area (Å²) in [6.45, 7) is 10.2. The third-order valence-corrected chi connectivity index (χ3v) is 5.53. The fourth-order valence-corrected chi connectivity index (χ4v) is 3.74. The molecule has 0 spiro atoms. The molecule has 2 aliphatic rings. The van der Waals surface area contributed by atoms with Crippen molar-refractivity contribution in [2.75, 3.05) is 59.7 Å². The summed E-state index contributed by atoms with van der Waals surface area (Å²) in [5.74, 6) is 1.59. The molecule has 6 nitrogen and oxygen atoms in total. The van der Waals surface area contributed by atoms with E-state index in [9.17, 15) is 0 Å². The van der Waals surface area contributed by atoms with Gasteiger partial charge in [-0.2, -0.15) is 0 Å². The third-order valence-electron chi connectivity index (χ3n) is 5.53. The summed E-state index contributed by atoms with van der Waals surface area (Å²) >= 11 is 0. The monoisotopic (exact) mass is 496 g/mol. The van der Waals surface area contributed by atoms with E-state index in [0.29, 0.717) is 5.92 Å². The van der Waals surface area contributed by atoms with E-state index in [1.165, 1.54) is 38.8 Å². The summed E-state index contributed by atoms with van der Waals surface area (Å²) in [6.07, 6.45) is 8.57. The van der Waals surface area contributed by atoms with Gasteiger partial charge in [0.2, 0.25) is 0 Å². The zero-order valence-corrected chi connectivity index (χ0v) is 19.7. The van der Waals surface area contributed by atoms with Gasteiger partial charge in [0.05, 0.1) is 0 Å². The molecule has 0 aromatic heterocycles. The molecule has 7 heteroatoms. The first-order chi connectivity index (χ1) is 12.8. The van der Waals surface area contributed by atoms with E-state index in [2.05, 4.69) is 27.4 Å². The molecule has 1 unspecified atom stereocenters. The number of hydrogen-bond acceptors (Lipinski definition) is 4. The van der Waals surface area contributed by atoms with Crippen molar-refractivity contribution in [3.8, 4) is 0 Å². The van der Waals surface area contributed by atoms with Gasteiger partial charge in [0, 0.05) is 59.2 Å². The number of nitrogens with one attached hydrogen (secondary N) is 2. The first kappa shape index (κ1) is 24.9. The lowest BCUT2D eigenvalue weighted by Gasteiger charge is -2.33. The largest absolute Gasteiger partial charge is 0.381 e. The lowest BCUT2D eigenvalue weighted by atomic mass is 10.0. The van der Waals surface area contributed by atoms with Gasteiger partial charge in [0.1, 0.15) is 0 Å². The number of piperidine rings is 1. The van der Waals surface area contributed by atoms with Gasteiger partial charge >= 0.3 is 0 Å². The molecule has 0 amide bonds. The summed E-state index contributed by atoms with van der Waals surface area (Å²) in [7, 11) is 1.84. The Bertz CT molecular complexity index is 392. The Hall–Kier alpha value is -0.120. The molecule has 2 aliphatic heterocycles. The molecule has 1 atom stereocenters. The fraction of sp³-hybridized carbons (Fsp3) is 0.950. The van der Waals surface area contributed by atoms with Crippen LogP contribution in [0.1, 0.15) is 51.9 Å². The maximum atomic E-state index is 5.80. The van der Waals surface area contributed by atoms with E-state index in [1.54, 1.807) is 0 Å². The van der Waals surface area contributed by atoms with Crippen LogP contribution in [0, 0.1) is 5.92 Å². The molecule has 2 saturated heterocycles. The highest BCUT2D eigenvalue weighted by molar-refractivity contribution is 14.0. The Morgan fingerprint density at radius 3 is 2.56 bits per heavy atom. The SMILES string of the molecule is CN=C(NCCCOCC1CCOCC1)NCCCN1CCCCC1C.I. The second-order valence-corrected chi connectivity index (χ2v) is 7.64. The van der Waals surface area contributed by atoms with Gasteiger partial charge < -0.3 is 25.0 Å². The van der Waals surface area contributed by atoms with E-state index in [1.807, 2.05) is 7.05 Å². The van der Waals surface area contributed by atoms with Gasteiger partial charge in [0.15, 0.2) is 5.96 Å². The highest BCUT2D eigenvalue weighted by Gasteiger charge is 2.17. The molecule has 0 bridgehead atoms. The molecule has 2 rings (SSSR count). The first-order valence-electron chi connectivity index (χ1n) is 10.6. The predicted octanol–water partition coefficient (Wildman–Crippen LogP) is 2.87. The molecule has 0 saturated carbocycles. The number of guanidine groups is 1. The Labute approximate surface area is 183 Å². The molecule has 0 aromatic carbocycles. The minimum Gasteiger partial charge on any atom is -0.381 e. The van der Waals surface area contributed by atoms with Gasteiger partial charge in [-0.1, -0.05) is 6.42 Å². The van der Waals surface area contributed by atoms with Crippen molar-refractivity contribution in [1.29, 1.82) is 0 Å². The summed E-state index contributed by atoms with van der Waals surface area (Å²) in [5.41, 5.74) is 0. The molecule has 2 fully saturated rings. The Balaban J connectivity index is 0.00000364. The van der Waals surface area contributed by atoms with Crippen LogP contribution >= 0.6 is 24.0 Å². The predicted molar refractivity (Wildman–Crippen MR) is 123 cm³/mol. The topological polar surface area (TPSA) is 58.1 Å². The van der Waals surface area contributed by atoms with E-state index >= 15 is 0 Å². The maximum Gasteiger partial charge on any atom is 0.190 e. The standard InChI is InChI=1S/C20H40N4O2.HI/c1-18-7-3-4-12-24(18)13-5-10-22-20(21-2)23-11-6-14-26-17-19-8-15-25-16-9-19;/h18-19H,3-17H2,1-2H3,(H2,21,22,23);1H. The zero-order chi connectivity index (χ0) is 18.5. The second kappa shape index (κ2) is 15.8. The summed E-state index contributed by atoms with van der Waals surface area (Å²) in [5, 5.41) is 6.80. The van der Waals surface area contributed by atoms with Gasteiger partial charge in [-0.15, -0.1) is 24.0 Å². The van der Waals surface area contributed by atoms with Gasteiger partial charge in [-0.3, -0.25) is 4.99 Å². The average molecular weight is 496 g/mol. The van der Waals surface area contributed by atoms with E-state index in [-0.39, 0.29) is 24.0 Å². The number of ether oxygens (including phenoxy) is 2. The van der Waals surface area contributed by atoms with Crippen molar-refractivity contribution in [3.05, 3.63) is 0 Å². The lowest BCUT2D eigenvalue weighted by Crippen LogP contribution is -2.41. The molecular weight excluding hydrogens is 455 g/mol. The smallest absolute Gasteiger partial charge is 0.190 e. The van der Waals surface area contributed by atoms with Crippen molar-refractivity contribution in [2.45, 2.75) is 57.9 Å². The lowest BCUT2D eigenvalue weighted by molar-refractivity contribution is 0.0203. The van der Waals surface area contributed by atoms with Crippen molar-refractivity contribution in [3.63, 3.8) is 0 Å². The van der Waals surface area contributed by atoms with Crippen molar-refractivity contribution in [2.24, 2.45) is 10.9 Å². The quantitative estimate of drug-likeness (QED) is 0.211. The van der Waals surface area contributed by atoms with Crippen LogP contribution in [-0.2, 0) is 9.47 Å². The Morgan fingerprint density at radius 2 is 1.85 bits per heavy atom. The van der Waals surface area contributed by atoms with Crippen LogP contribution in [0.5, 0.6) is 0 Å². The van der Waals surface area contributed by atoms with Crippen LogP contribution in [0.3, 0.4) is 0 Å². The van der Waals surface area contributed by atoms with Crippen molar-refractivity contribution < 1.29 is 9.47 Å². The number of hydrogen-bond donors (Lipinski definition) is 2. The molecule has 0 aliphatic carbocycles. The molecular formula is C20H41IN4O2. The number of likely N-dealkylation sites (tertiary alicyclic amines) is 1. The summed E-state index contributed by atoms with van der Waals surface area (Å²) in [4.78, 5) is 6.93. The normalized spacial score (nSPS) is 22.3. The molecule has 2 heterocycles. The third kappa shape index (κ3) is 10.9. The molecule has 27 heavy (non-hydrogen) atoms. The number of aliphatic imine (C=N–C) groups is 1. The molecule has 2 N–H and O–H groups in total. The molecule has 160 valence electrons. The van der Waals surface area contributed by atoms with Crippen LogP contribution in [0.25, 0.3) is 0 Å². The highest BCUT2D eigenvalue weighted by Crippen LogP contribution is 2.16. The van der Waals surface area contributed by atoms with Crippen LogP contribution < -0.4 is 10.6 Å². The van der Waals surface area contributed by atoms with Gasteiger partial charge in [-0.25, -0.2) is 0 Å². The van der Waals surface area contributed by atoms with E-state index in [4.69, 9.17) is 9.47 Å². The second-order valence-electron chi connectivity index (χ2n) is 7.64. The van der Waals surface area contributed by atoms with Crippen LogP contribution in [0.2, 0.25) is 0 Å². The van der Waals surface area contributed by atoms with E-state index in [0.717, 1.165) is 70.8 Å². The Morgan fingerprint density at radius 1 is 1.11 bits per heavy atom. The van der Waals surface area contributed by atoms with Crippen molar-refractivity contribution >= 4 is 29.9 Å². The molecule has 0 aromatic rings. The number of nitrogens with zero attached hydrogens (tertiary/aromatic N) is 2. The first-order valence-corrected chi connectivity index (χ1v) is 10.6. The van der Waals surface area contributed by atoms with E-state index < -0.39 is 0 Å². The minimum atomic E-state index is 0. The Kier molecular flexibility index (Phi) is 14.5. The summed E-state index contributed by atoms with van der Waals surface area (Å²) in [6, 6.07) is 0.752. The minimum absolute atomic E-state index is 0. The summed E-state index contributed by atoms with van der Waals surface area (Å²) < 4.78 is 11.2. The van der Waals surface area contributed by atoms with Gasteiger partial charge in [0.25, 0.3) is 0 Å².